The lowest BCUT2D eigenvalue weighted by Gasteiger charge is -2.14. The first-order valence-corrected chi connectivity index (χ1v) is 8.46. The van der Waals surface area contributed by atoms with Gasteiger partial charge in [0, 0.05) is 23.5 Å². The Labute approximate surface area is 151 Å². The Bertz CT molecular complexity index is 957. The van der Waals surface area contributed by atoms with E-state index in [0.717, 1.165) is 11.0 Å². The van der Waals surface area contributed by atoms with Crippen molar-refractivity contribution >= 4 is 26.1 Å². The molecule has 25 heavy (non-hydrogen) atoms. The summed E-state index contributed by atoms with van der Waals surface area (Å²) in [6, 6.07) is 8.25. The SMILES string of the molecule is Cc1cc(OCc2ccc(P)cc2F)c(Cl)c(=O)n1Cc1ccn[nH]1. The summed E-state index contributed by atoms with van der Waals surface area (Å²) in [5.41, 5.74) is 1.49. The maximum atomic E-state index is 13.9. The molecule has 0 aliphatic heterocycles. The van der Waals surface area contributed by atoms with E-state index in [1.807, 2.05) is 0 Å². The fraction of sp³-hybridized carbons (Fsp3) is 0.176. The number of nitrogens with one attached hydrogen (secondary N) is 1. The maximum Gasteiger partial charge on any atom is 0.273 e. The number of aromatic amines is 1. The number of pyridine rings is 1. The first-order valence-electron chi connectivity index (χ1n) is 7.50. The summed E-state index contributed by atoms with van der Waals surface area (Å²) in [7, 11) is 2.43. The van der Waals surface area contributed by atoms with Gasteiger partial charge in [-0.1, -0.05) is 23.7 Å². The van der Waals surface area contributed by atoms with Crippen LogP contribution in [-0.2, 0) is 13.2 Å². The average Bonchev–Trinajstić information content (AvgIpc) is 3.08. The largest absolute Gasteiger partial charge is 0.487 e. The molecule has 5 nitrogen and oxygen atoms in total. The summed E-state index contributed by atoms with van der Waals surface area (Å²) < 4.78 is 21.0. The summed E-state index contributed by atoms with van der Waals surface area (Å²) in [6.45, 7) is 2.10. The van der Waals surface area contributed by atoms with Gasteiger partial charge in [0.05, 0.1) is 12.2 Å². The standard InChI is InChI=1S/C17H16ClFN3O2P/c1-10-6-15(24-9-11-2-3-13(25)7-14(11)19)16(18)17(23)22(10)8-12-4-5-20-21-12/h2-7H,8-9,25H2,1H3,(H,20,21). The molecule has 0 spiro atoms. The molecule has 3 aromatic rings. The highest BCUT2D eigenvalue weighted by molar-refractivity contribution is 7.27. The molecule has 2 aromatic heterocycles. The lowest BCUT2D eigenvalue weighted by Crippen LogP contribution is -2.24. The molecular formula is C17H16ClFN3O2P. The number of benzene rings is 1. The molecule has 1 unspecified atom stereocenters. The molecule has 8 heteroatoms. The van der Waals surface area contributed by atoms with E-state index in [-0.39, 0.29) is 28.8 Å². The van der Waals surface area contributed by atoms with Crippen molar-refractivity contribution < 1.29 is 9.13 Å². The third kappa shape index (κ3) is 3.91. The third-order valence-corrected chi connectivity index (χ3v) is 4.47. The van der Waals surface area contributed by atoms with Gasteiger partial charge in [-0.3, -0.25) is 9.89 Å². The van der Waals surface area contributed by atoms with Crippen molar-refractivity contribution in [3.8, 4) is 5.75 Å². The molecule has 1 aromatic carbocycles. The fourth-order valence-corrected chi connectivity index (χ4v) is 2.85. The Kier molecular flexibility index (Phi) is 5.21. The number of ether oxygens (including phenoxy) is 1. The molecule has 0 bridgehead atoms. The number of aromatic nitrogens is 3. The second-order valence-electron chi connectivity index (χ2n) is 5.58. The lowest BCUT2D eigenvalue weighted by atomic mass is 10.2. The summed E-state index contributed by atoms with van der Waals surface area (Å²) in [4.78, 5) is 12.5. The highest BCUT2D eigenvalue weighted by Crippen LogP contribution is 2.23. The van der Waals surface area contributed by atoms with Gasteiger partial charge in [0.1, 0.15) is 23.2 Å². The zero-order chi connectivity index (χ0) is 18.0. The van der Waals surface area contributed by atoms with E-state index in [2.05, 4.69) is 19.4 Å². The zero-order valence-corrected chi connectivity index (χ0v) is 15.3. The Morgan fingerprint density at radius 2 is 2.16 bits per heavy atom. The molecule has 3 rings (SSSR count). The van der Waals surface area contributed by atoms with Crippen molar-refractivity contribution in [1.82, 2.24) is 14.8 Å². The number of aryl methyl sites for hydroxylation is 1. The third-order valence-electron chi connectivity index (χ3n) is 3.76. The van der Waals surface area contributed by atoms with Crippen molar-refractivity contribution in [2.24, 2.45) is 0 Å². The number of hydrogen-bond donors (Lipinski definition) is 1. The molecule has 1 N–H and O–H groups in total. The minimum atomic E-state index is -0.368. The Morgan fingerprint density at radius 3 is 2.84 bits per heavy atom. The van der Waals surface area contributed by atoms with Gasteiger partial charge in [0.15, 0.2) is 0 Å². The molecule has 2 heterocycles. The summed E-state index contributed by atoms with van der Waals surface area (Å²) in [5, 5.41) is 7.38. The summed E-state index contributed by atoms with van der Waals surface area (Å²) in [6.07, 6.45) is 1.61. The van der Waals surface area contributed by atoms with Crippen LogP contribution in [0.1, 0.15) is 17.0 Å². The summed E-state index contributed by atoms with van der Waals surface area (Å²) in [5.74, 6) is -0.132. The van der Waals surface area contributed by atoms with Gasteiger partial charge >= 0.3 is 0 Å². The number of hydrogen-bond acceptors (Lipinski definition) is 3. The van der Waals surface area contributed by atoms with Crippen LogP contribution in [0.3, 0.4) is 0 Å². The number of halogens is 2. The topological polar surface area (TPSA) is 59.9 Å². The van der Waals surface area contributed by atoms with Gasteiger partial charge < -0.3 is 9.30 Å². The van der Waals surface area contributed by atoms with Crippen LogP contribution in [-0.4, -0.2) is 14.8 Å². The van der Waals surface area contributed by atoms with Crippen LogP contribution in [0, 0.1) is 12.7 Å². The van der Waals surface area contributed by atoms with Crippen molar-refractivity contribution in [3.63, 3.8) is 0 Å². The van der Waals surface area contributed by atoms with Crippen molar-refractivity contribution in [2.75, 3.05) is 0 Å². The van der Waals surface area contributed by atoms with Crippen LogP contribution in [0.15, 0.2) is 41.3 Å². The fourth-order valence-electron chi connectivity index (χ4n) is 2.40. The van der Waals surface area contributed by atoms with Crippen LogP contribution >= 0.6 is 20.8 Å². The second-order valence-corrected chi connectivity index (χ2v) is 6.62. The van der Waals surface area contributed by atoms with Gasteiger partial charge in [0.25, 0.3) is 5.56 Å². The van der Waals surface area contributed by atoms with Crippen LogP contribution in [0.2, 0.25) is 5.02 Å². The number of nitrogens with zero attached hydrogens (tertiary/aromatic N) is 2. The highest BCUT2D eigenvalue weighted by Gasteiger charge is 2.14. The summed E-state index contributed by atoms with van der Waals surface area (Å²) >= 11 is 6.16. The first-order chi connectivity index (χ1) is 12.0. The molecule has 1 atom stereocenters. The molecular weight excluding hydrogens is 364 g/mol. The first kappa shape index (κ1) is 17.6. The average molecular weight is 380 g/mol. The van der Waals surface area contributed by atoms with E-state index < -0.39 is 0 Å². The Hall–Kier alpha value is -2.17. The van der Waals surface area contributed by atoms with Gasteiger partial charge in [0.2, 0.25) is 0 Å². The van der Waals surface area contributed by atoms with E-state index in [4.69, 9.17) is 16.3 Å². The molecule has 0 radical (unpaired) electrons. The normalized spacial score (nSPS) is 10.9. The quantitative estimate of drug-likeness (QED) is 0.693. The van der Waals surface area contributed by atoms with Crippen LogP contribution in [0.25, 0.3) is 0 Å². The van der Waals surface area contributed by atoms with E-state index in [1.165, 1.54) is 10.6 Å². The van der Waals surface area contributed by atoms with E-state index >= 15 is 0 Å². The Balaban J connectivity index is 1.84. The minimum Gasteiger partial charge on any atom is -0.487 e. The van der Waals surface area contributed by atoms with Crippen LogP contribution in [0.5, 0.6) is 5.75 Å². The lowest BCUT2D eigenvalue weighted by molar-refractivity contribution is 0.298. The van der Waals surface area contributed by atoms with Crippen molar-refractivity contribution in [3.05, 3.63) is 74.7 Å². The Morgan fingerprint density at radius 1 is 1.36 bits per heavy atom. The van der Waals surface area contributed by atoms with Gasteiger partial charge in [-0.05, 0) is 24.4 Å². The van der Waals surface area contributed by atoms with E-state index in [1.54, 1.807) is 37.4 Å². The van der Waals surface area contributed by atoms with Crippen LogP contribution in [0.4, 0.5) is 4.39 Å². The van der Waals surface area contributed by atoms with Crippen molar-refractivity contribution in [1.29, 1.82) is 0 Å². The van der Waals surface area contributed by atoms with Gasteiger partial charge in [-0.25, -0.2) is 4.39 Å². The molecule has 0 saturated carbocycles. The molecule has 0 fully saturated rings. The molecule has 0 saturated heterocycles. The van der Waals surface area contributed by atoms with Gasteiger partial charge in [-0.15, -0.1) is 9.24 Å². The predicted octanol–water partition coefficient (Wildman–Crippen LogP) is 2.80. The number of rotatable bonds is 5. The monoisotopic (exact) mass is 379 g/mol. The van der Waals surface area contributed by atoms with E-state index in [9.17, 15) is 9.18 Å². The highest BCUT2D eigenvalue weighted by atomic mass is 35.5. The van der Waals surface area contributed by atoms with E-state index in [0.29, 0.717) is 17.8 Å². The smallest absolute Gasteiger partial charge is 0.273 e. The minimum absolute atomic E-state index is 0.0139. The predicted molar refractivity (Wildman–Crippen MR) is 98.2 cm³/mol. The molecule has 0 amide bonds. The zero-order valence-electron chi connectivity index (χ0n) is 13.4. The van der Waals surface area contributed by atoms with Crippen molar-refractivity contribution in [2.45, 2.75) is 20.1 Å². The molecule has 130 valence electrons. The molecule has 0 aliphatic carbocycles. The second kappa shape index (κ2) is 7.38. The maximum absolute atomic E-state index is 13.9. The molecule has 0 aliphatic rings. The van der Waals surface area contributed by atoms with Gasteiger partial charge in [-0.2, -0.15) is 5.10 Å². The van der Waals surface area contributed by atoms with Crippen LogP contribution < -0.4 is 15.6 Å². The number of H-pyrrole nitrogens is 1.